The second-order valence-corrected chi connectivity index (χ2v) is 3.84. The minimum atomic E-state index is -0.407. The molecule has 0 aliphatic rings. The van der Waals surface area contributed by atoms with E-state index in [9.17, 15) is 9.59 Å². The number of ether oxygens (including phenoxy) is 2. The van der Waals surface area contributed by atoms with Gasteiger partial charge < -0.3 is 14.8 Å². The normalized spacial score (nSPS) is 10.7. The predicted molar refractivity (Wildman–Crippen MR) is 70.9 cm³/mol. The molecular weight excluding hydrogens is 270 g/mol. The number of nitrogens with one attached hydrogen (secondary N) is 1. The molecule has 0 amide bonds. The average molecular weight is 284 g/mol. The molecule has 0 atom stereocenters. The van der Waals surface area contributed by atoms with Crippen molar-refractivity contribution in [2.75, 3.05) is 13.2 Å². The first kappa shape index (κ1) is 15.0. The summed E-state index contributed by atoms with van der Waals surface area (Å²) in [5.74, 6) is 0.114. The van der Waals surface area contributed by atoms with Gasteiger partial charge in [-0.3, -0.25) is 9.59 Å². The number of aldehydes is 1. The van der Waals surface area contributed by atoms with Crippen LogP contribution in [0.4, 0.5) is 0 Å². The van der Waals surface area contributed by atoms with Crippen LogP contribution in [0, 0.1) is 0 Å². The molecule has 0 heterocycles. The third-order valence-corrected chi connectivity index (χ3v) is 2.21. The summed E-state index contributed by atoms with van der Waals surface area (Å²) in [7, 11) is 0. The Morgan fingerprint density at radius 3 is 2.63 bits per heavy atom. The van der Waals surface area contributed by atoms with Crippen LogP contribution in [0.1, 0.15) is 6.92 Å². The Hall–Kier alpha value is -2.01. The van der Waals surface area contributed by atoms with Crippen molar-refractivity contribution >= 4 is 23.9 Å². The minimum absolute atomic E-state index is 0.0326. The van der Waals surface area contributed by atoms with Crippen LogP contribution in [0.3, 0.4) is 0 Å². The van der Waals surface area contributed by atoms with E-state index >= 15 is 0 Å². The molecule has 102 valence electrons. The largest absolute Gasteiger partial charge is 0.465 e. The number of carbonyl (C=O) groups excluding carboxylic acids is 2. The van der Waals surface area contributed by atoms with E-state index < -0.39 is 5.97 Å². The molecule has 0 bridgehead atoms. The molecule has 1 aromatic carbocycles. The first-order valence-corrected chi connectivity index (χ1v) is 6.01. The fourth-order valence-corrected chi connectivity index (χ4v) is 1.30. The highest BCUT2D eigenvalue weighted by Crippen LogP contribution is 2.17. The maximum absolute atomic E-state index is 11.1. The molecule has 6 heteroatoms. The Kier molecular flexibility index (Phi) is 6.46. The van der Waals surface area contributed by atoms with Gasteiger partial charge in [-0.1, -0.05) is 11.6 Å². The van der Waals surface area contributed by atoms with E-state index in [1.807, 2.05) is 0 Å². The molecule has 1 aromatic rings. The van der Waals surface area contributed by atoms with Crippen molar-refractivity contribution < 1.29 is 19.1 Å². The Balaban J connectivity index is 2.50. The number of allylic oxidation sites excluding steroid dienone is 1. The van der Waals surface area contributed by atoms with Crippen LogP contribution in [-0.2, 0) is 14.3 Å². The lowest BCUT2D eigenvalue weighted by atomic mass is 10.3. The van der Waals surface area contributed by atoms with Gasteiger partial charge in [0.2, 0.25) is 0 Å². The molecule has 19 heavy (non-hydrogen) atoms. The number of esters is 1. The van der Waals surface area contributed by atoms with E-state index in [0.717, 1.165) is 0 Å². The van der Waals surface area contributed by atoms with Crippen molar-refractivity contribution in [3.63, 3.8) is 0 Å². The predicted octanol–water partition coefficient (Wildman–Crippen LogP) is 1.91. The summed E-state index contributed by atoms with van der Waals surface area (Å²) in [4.78, 5) is 21.9. The molecule has 0 radical (unpaired) electrons. The molecule has 0 aliphatic carbocycles. The van der Waals surface area contributed by atoms with Crippen LogP contribution in [0.25, 0.3) is 0 Å². The molecule has 0 spiro atoms. The number of carbonyl (C=O) groups is 2. The summed E-state index contributed by atoms with van der Waals surface area (Å²) in [5.41, 5.74) is 0. The fraction of sp³-hybridized carbons (Fsp3) is 0.231. The second-order valence-electron chi connectivity index (χ2n) is 3.41. The van der Waals surface area contributed by atoms with Crippen molar-refractivity contribution in [2.45, 2.75) is 6.92 Å². The van der Waals surface area contributed by atoms with Crippen LogP contribution in [-0.4, -0.2) is 25.4 Å². The number of halogens is 1. The van der Waals surface area contributed by atoms with E-state index in [4.69, 9.17) is 21.1 Å². The highest BCUT2D eigenvalue weighted by molar-refractivity contribution is 6.30. The third-order valence-electron chi connectivity index (χ3n) is 1.96. The van der Waals surface area contributed by atoms with Crippen LogP contribution < -0.4 is 10.1 Å². The number of benzene rings is 1. The summed E-state index contributed by atoms with van der Waals surface area (Å²) in [6.07, 6.45) is 1.84. The summed E-state index contributed by atoms with van der Waals surface area (Å²) in [6, 6.07) is 6.55. The molecule has 0 aliphatic heterocycles. The molecule has 1 rings (SSSR count). The molecule has 0 saturated carbocycles. The van der Waals surface area contributed by atoms with Crippen molar-refractivity contribution in [3.8, 4) is 5.75 Å². The van der Waals surface area contributed by atoms with E-state index in [2.05, 4.69) is 5.32 Å². The Labute approximate surface area is 116 Å². The van der Waals surface area contributed by atoms with Gasteiger partial charge >= 0.3 is 5.97 Å². The van der Waals surface area contributed by atoms with Gasteiger partial charge in [-0.2, -0.15) is 0 Å². The van der Waals surface area contributed by atoms with E-state index in [1.54, 1.807) is 31.2 Å². The monoisotopic (exact) mass is 283 g/mol. The minimum Gasteiger partial charge on any atom is -0.465 e. The molecule has 0 unspecified atom stereocenters. The smallest absolute Gasteiger partial charge is 0.325 e. The topological polar surface area (TPSA) is 64.6 Å². The van der Waals surface area contributed by atoms with Crippen molar-refractivity contribution in [3.05, 3.63) is 41.2 Å². The fourth-order valence-electron chi connectivity index (χ4n) is 1.17. The van der Waals surface area contributed by atoms with Crippen LogP contribution in [0.5, 0.6) is 5.75 Å². The zero-order valence-electron chi connectivity index (χ0n) is 10.4. The van der Waals surface area contributed by atoms with Gasteiger partial charge in [-0.15, -0.1) is 0 Å². The van der Waals surface area contributed by atoms with E-state index in [1.165, 1.54) is 6.20 Å². The second kappa shape index (κ2) is 8.16. The lowest BCUT2D eigenvalue weighted by Gasteiger charge is -2.06. The molecule has 0 aromatic heterocycles. The van der Waals surface area contributed by atoms with Crippen molar-refractivity contribution in [1.29, 1.82) is 0 Å². The van der Waals surface area contributed by atoms with Crippen LogP contribution in [0.2, 0.25) is 5.02 Å². The number of hydrogen-bond donors (Lipinski definition) is 1. The molecule has 0 fully saturated rings. The third kappa shape index (κ3) is 5.92. The Morgan fingerprint density at radius 2 is 2.05 bits per heavy atom. The molecule has 0 saturated heterocycles. The van der Waals surface area contributed by atoms with Gasteiger partial charge in [-0.25, -0.2) is 0 Å². The van der Waals surface area contributed by atoms with Gasteiger partial charge in [-0.05, 0) is 31.2 Å². The van der Waals surface area contributed by atoms with Gasteiger partial charge in [0, 0.05) is 11.2 Å². The quantitative estimate of drug-likeness (QED) is 0.358. The van der Waals surface area contributed by atoms with Gasteiger partial charge in [0.25, 0.3) is 0 Å². The standard InChI is InChI=1S/C13H14ClNO4/c1-2-18-13(17)8-15-7-12(9-16)19-11-5-3-10(14)4-6-11/h3-7,9,15H,2,8H2,1H3/b12-7+. The summed E-state index contributed by atoms with van der Waals surface area (Å²) >= 11 is 5.73. The molecular formula is C13H14ClNO4. The average Bonchev–Trinajstić information content (AvgIpc) is 2.40. The highest BCUT2D eigenvalue weighted by atomic mass is 35.5. The zero-order valence-corrected chi connectivity index (χ0v) is 11.1. The van der Waals surface area contributed by atoms with E-state index in [0.29, 0.717) is 23.7 Å². The molecule has 5 nitrogen and oxygen atoms in total. The summed E-state index contributed by atoms with van der Waals surface area (Å²) in [5, 5.41) is 3.21. The van der Waals surface area contributed by atoms with Gasteiger partial charge in [0.15, 0.2) is 12.0 Å². The summed E-state index contributed by atoms with van der Waals surface area (Å²) < 4.78 is 9.99. The maximum Gasteiger partial charge on any atom is 0.325 e. The molecule has 1 N–H and O–H groups in total. The Morgan fingerprint density at radius 1 is 1.37 bits per heavy atom. The lowest BCUT2D eigenvalue weighted by molar-refractivity contribution is -0.141. The number of hydrogen-bond acceptors (Lipinski definition) is 5. The van der Waals surface area contributed by atoms with E-state index in [-0.39, 0.29) is 12.3 Å². The highest BCUT2D eigenvalue weighted by Gasteiger charge is 2.02. The first-order chi connectivity index (χ1) is 9.15. The van der Waals surface area contributed by atoms with Gasteiger partial charge in [0.05, 0.1) is 6.61 Å². The maximum atomic E-state index is 11.1. The SMILES string of the molecule is CCOC(=O)CN/C=C(\C=O)Oc1ccc(Cl)cc1. The zero-order chi connectivity index (χ0) is 14.1. The van der Waals surface area contributed by atoms with Crippen molar-refractivity contribution in [1.82, 2.24) is 5.32 Å². The van der Waals surface area contributed by atoms with Crippen molar-refractivity contribution in [2.24, 2.45) is 0 Å². The van der Waals surface area contributed by atoms with Crippen LogP contribution in [0.15, 0.2) is 36.2 Å². The first-order valence-electron chi connectivity index (χ1n) is 5.63. The summed E-state index contributed by atoms with van der Waals surface area (Å²) in [6.45, 7) is 2.00. The van der Waals surface area contributed by atoms with Gasteiger partial charge in [0.1, 0.15) is 12.3 Å². The number of rotatable bonds is 7. The lowest BCUT2D eigenvalue weighted by Crippen LogP contribution is -2.21. The Bertz CT molecular complexity index is 456. The van der Waals surface area contributed by atoms with Crippen LogP contribution >= 0.6 is 11.6 Å².